The van der Waals surface area contributed by atoms with Crippen LogP contribution < -0.4 is 16.2 Å². The molecule has 2 rings (SSSR count). The molecule has 1 amide bonds. The maximum atomic E-state index is 12.0. The highest BCUT2D eigenvalue weighted by Gasteiger charge is 2.39. The van der Waals surface area contributed by atoms with Gasteiger partial charge in [0.05, 0.1) is 19.3 Å². The van der Waals surface area contributed by atoms with E-state index in [4.69, 9.17) is 10.7 Å². The SMILES string of the molecule is COC(=O)CC(=O)NNC(NC1Cc2ccccc2C1)[C@](C)(C=N)C(C)CC#N. The molecule has 1 aromatic rings. The van der Waals surface area contributed by atoms with E-state index in [1.807, 2.05) is 26.0 Å². The summed E-state index contributed by atoms with van der Waals surface area (Å²) in [6.07, 6.45) is 2.35. The smallest absolute Gasteiger partial charge is 0.315 e. The number of amides is 1. The summed E-state index contributed by atoms with van der Waals surface area (Å²) in [5, 5.41) is 20.7. The van der Waals surface area contributed by atoms with Crippen LogP contribution >= 0.6 is 0 Å². The van der Waals surface area contributed by atoms with Gasteiger partial charge in [-0.1, -0.05) is 38.1 Å². The Morgan fingerprint density at radius 1 is 1.38 bits per heavy atom. The van der Waals surface area contributed by atoms with E-state index in [2.05, 4.69) is 39.1 Å². The van der Waals surface area contributed by atoms with Crippen molar-refractivity contribution in [2.75, 3.05) is 7.11 Å². The molecule has 8 nitrogen and oxygen atoms in total. The van der Waals surface area contributed by atoms with Crippen molar-refractivity contribution in [3.05, 3.63) is 35.4 Å². The summed E-state index contributed by atoms with van der Waals surface area (Å²) in [4.78, 5) is 23.4. The minimum atomic E-state index is -0.747. The second kappa shape index (κ2) is 10.1. The van der Waals surface area contributed by atoms with Crippen LogP contribution in [0.2, 0.25) is 0 Å². The van der Waals surface area contributed by atoms with Crippen molar-refractivity contribution in [1.82, 2.24) is 16.2 Å². The number of benzene rings is 1. The molecule has 2 unspecified atom stereocenters. The summed E-state index contributed by atoms with van der Waals surface area (Å²) in [6, 6.07) is 10.5. The number of hydrogen-bond acceptors (Lipinski definition) is 7. The Morgan fingerprint density at radius 3 is 2.52 bits per heavy atom. The number of rotatable bonds is 10. The van der Waals surface area contributed by atoms with Gasteiger partial charge in [-0.05, 0) is 29.9 Å². The van der Waals surface area contributed by atoms with E-state index in [1.54, 1.807) is 0 Å². The first-order valence-electron chi connectivity index (χ1n) is 9.66. The molecule has 0 spiro atoms. The number of hydrazine groups is 1. The number of carbonyl (C=O) groups excluding carboxylic acids is 2. The third-order valence-electron chi connectivity index (χ3n) is 5.73. The lowest BCUT2D eigenvalue weighted by molar-refractivity contribution is -0.144. The minimum absolute atomic E-state index is 0.121. The van der Waals surface area contributed by atoms with Gasteiger partial charge in [-0.2, -0.15) is 5.26 Å². The number of ether oxygens (including phenoxy) is 1. The Hall–Kier alpha value is -2.76. The summed E-state index contributed by atoms with van der Waals surface area (Å²) in [5.74, 6) is -1.30. The molecule has 0 aromatic heterocycles. The Morgan fingerprint density at radius 2 is 2.00 bits per heavy atom. The van der Waals surface area contributed by atoms with Gasteiger partial charge in [0.25, 0.3) is 0 Å². The predicted molar refractivity (Wildman–Crippen MR) is 109 cm³/mol. The second-order valence-electron chi connectivity index (χ2n) is 7.69. The standard InChI is InChI=1S/C21H29N5O3/c1-14(8-9-22)21(2,13-23)20(26-25-18(27)12-19(28)29-3)24-17-10-15-6-4-5-7-16(15)11-17/h4-7,13-14,17,20,23-24,26H,8,10-12H2,1-3H3,(H,25,27)/t14?,20?,21-/m1/s1. The molecule has 0 aliphatic heterocycles. The van der Waals surface area contributed by atoms with Crippen LogP contribution in [0.4, 0.5) is 0 Å². The number of esters is 1. The van der Waals surface area contributed by atoms with Crippen molar-refractivity contribution < 1.29 is 14.3 Å². The van der Waals surface area contributed by atoms with E-state index in [1.165, 1.54) is 24.5 Å². The number of nitrogens with zero attached hydrogens (tertiary/aromatic N) is 1. The Labute approximate surface area is 171 Å². The third-order valence-corrected chi connectivity index (χ3v) is 5.73. The van der Waals surface area contributed by atoms with Gasteiger partial charge in [-0.15, -0.1) is 0 Å². The zero-order valence-corrected chi connectivity index (χ0v) is 17.1. The fourth-order valence-corrected chi connectivity index (χ4v) is 3.56. The molecule has 29 heavy (non-hydrogen) atoms. The fourth-order valence-electron chi connectivity index (χ4n) is 3.56. The minimum Gasteiger partial charge on any atom is -0.469 e. The summed E-state index contributed by atoms with van der Waals surface area (Å²) in [6.45, 7) is 3.78. The topological polar surface area (TPSA) is 127 Å². The second-order valence-corrected chi connectivity index (χ2v) is 7.69. The van der Waals surface area contributed by atoms with Crippen molar-refractivity contribution in [1.29, 1.82) is 10.7 Å². The summed E-state index contributed by atoms with van der Waals surface area (Å²) in [7, 11) is 1.22. The average Bonchev–Trinajstić information content (AvgIpc) is 3.12. The van der Waals surface area contributed by atoms with Crippen LogP contribution in [-0.4, -0.2) is 37.4 Å². The van der Waals surface area contributed by atoms with Crippen LogP contribution in [0.25, 0.3) is 0 Å². The molecule has 0 bridgehead atoms. The van der Waals surface area contributed by atoms with Crippen molar-refractivity contribution in [2.24, 2.45) is 11.3 Å². The number of fused-ring (bicyclic) bond motifs is 1. The number of methoxy groups -OCH3 is 1. The average molecular weight is 399 g/mol. The summed E-state index contributed by atoms with van der Waals surface area (Å²) < 4.78 is 4.51. The zero-order valence-electron chi connectivity index (χ0n) is 17.1. The molecule has 4 N–H and O–H groups in total. The Balaban J connectivity index is 2.14. The first-order valence-corrected chi connectivity index (χ1v) is 9.66. The third kappa shape index (κ3) is 5.62. The largest absolute Gasteiger partial charge is 0.469 e. The molecule has 0 fully saturated rings. The molecule has 3 atom stereocenters. The monoisotopic (exact) mass is 399 g/mol. The number of hydrogen-bond donors (Lipinski definition) is 4. The Bertz CT molecular complexity index is 766. The van der Waals surface area contributed by atoms with Gasteiger partial charge in [0.2, 0.25) is 5.91 Å². The van der Waals surface area contributed by atoms with Crippen LogP contribution in [0.3, 0.4) is 0 Å². The van der Waals surface area contributed by atoms with E-state index in [9.17, 15) is 9.59 Å². The number of carbonyl (C=O) groups is 2. The van der Waals surface area contributed by atoms with Crippen LogP contribution in [-0.2, 0) is 27.2 Å². The van der Waals surface area contributed by atoms with Gasteiger partial charge < -0.3 is 10.1 Å². The highest BCUT2D eigenvalue weighted by Crippen LogP contribution is 2.32. The highest BCUT2D eigenvalue weighted by molar-refractivity contribution is 5.93. The van der Waals surface area contributed by atoms with Crippen molar-refractivity contribution in [3.63, 3.8) is 0 Å². The highest BCUT2D eigenvalue weighted by atomic mass is 16.5. The number of nitrogens with one attached hydrogen (secondary N) is 4. The fraction of sp³-hybridized carbons (Fsp3) is 0.524. The van der Waals surface area contributed by atoms with E-state index in [-0.39, 0.29) is 18.4 Å². The first kappa shape index (κ1) is 22.5. The van der Waals surface area contributed by atoms with Crippen LogP contribution in [0.15, 0.2) is 24.3 Å². The van der Waals surface area contributed by atoms with Gasteiger partial charge in [-0.25, -0.2) is 5.43 Å². The molecular weight excluding hydrogens is 370 g/mol. The van der Waals surface area contributed by atoms with Crippen LogP contribution in [0, 0.1) is 28.1 Å². The first-order chi connectivity index (χ1) is 13.8. The lowest BCUT2D eigenvalue weighted by Crippen LogP contribution is -2.63. The van der Waals surface area contributed by atoms with Crippen molar-refractivity contribution in [2.45, 2.75) is 51.7 Å². The lowest BCUT2D eigenvalue weighted by atomic mass is 9.74. The molecule has 156 valence electrons. The van der Waals surface area contributed by atoms with Gasteiger partial charge in [-0.3, -0.25) is 20.3 Å². The van der Waals surface area contributed by atoms with E-state index in [0.717, 1.165) is 12.8 Å². The van der Waals surface area contributed by atoms with E-state index in [0.29, 0.717) is 0 Å². The molecule has 0 saturated carbocycles. The zero-order chi connectivity index (χ0) is 21.4. The molecule has 0 radical (unpaired) electrons. The van der Waals surface area contributed by atoms with Crippen LogP contribution in [0.1, 0.15) is 37.8 Å². The van der Waals surface area contributed by atoms with Crippen LogP contribution in [0.5, 0.6) is 0 Å². The normalized spacial score (nSPS) is 17.3. The van der Waals surface area contributed by atoms with Gasteiger partial charge in [0, 0.05) is 24.1 Å². The summed E-state index contributed by atoms with van der Waals surface area (Å²) >= 11 is 0. The summed E-state index contributed by atoms with van der Waals surface area (Å²) in [5.41, 5.74) is 7.30. The van der Waals surface area contributed by atoms with Crippen molar-refractivity contribution in [3.8, 4) is 6.07 Å². The molecular formula is C21H29N5O3. The Kier molecular flexibility index (Phi) is 7.88. The lowest BCUT2D eigenvalue weighted by Gasteiger charge is -2.40. The molecule has 1 aromatic carbocycles. The molecule has 8 heteroatoms. The maximum Gasteiger partial charge on any atom is 0.315 e. The molecule has 1 aliphatic carbocycles. The number of nitriles is 1. The quantitative estimate of drug-likeness (QED) is 0.155. The molecule has 1 aliphatic rings. The van der Waals surface area contributed by atoms with Crippen molar-refractivity contribution >= 4 is 18.1 Å². The molecule has 0 saturated heterocycles. The van der Waals surface area contributed by atoms with E-state index >= 15 is 0 Å². The van der Waals surface area contributed by atoms with Gasteiger partial charge in [0.15, 0.2) is 0 Å². The van der Waals surface area contributed by atoms with Gasteiger partial charge >= 0.3 is 5.97 Å². The maximum absolute atomic E-state index is 12.0. The predicted octanol–water partition coefficient (Wildman–Crippen LogP) is 1.46. The van der Waals surface area contributed by atoms with E-state index < -0.39 is 29.9 Å². The molecule has 0 heterocycles. The van der Waals surface area contributed by atoms with Gasteiger partial charge in [0.1, 0.15) is 6.42 Å².